The zero-order valence-electron chi connectivity index (χ0n) is 12.9. The van der Waals surface area contributed by atoms with Gasteiger partial charge in [0, 0.05) is 18.3 Å². The van der Waals surface area contributed by atoms with Crippen LogP contribution >= 0.6 is 0 Å². The fourth-order valence-electron chi connectivity index (χ4n) is 2.61. The molecule has 1 aliphatic heterocycles. The van der Waals surface area contributed by atoms with Crippen molar-refractivity contribution in [1.29, 1.82) is 0 Å². The van der Waals surface area contributed by atoms with Gasteiger partial charge in [-0.3, -0.25) is 9.59 Å². The fourth-order valence-corrected chi connectivity index (χ4v) is 2.61. The number of alkyl halides is 3. The highest BCUT2D eigenvalue weighted by Gasteiger charge is 2.32. The second-order valence-corrected chi connectivity index (χ2v) is 5.59. The predicted octanol–water partition coefficient (Wildman–Crippen LogP) is 1.79. The molecule has 6 nitrogen and oxygen atoms in total. The first-order valence-corrected chi connectivity index (χ1v) is 7.37. The zero-order valence-corrected chi connectivity index (χ0v) is 12.9. The van der Waals surface area contributed by atoms with Gasteiger partial charge in [-0.25, -0.2) is 9.97 Å². The summed E-state index contributed by atoms with van der Waals surface area (Å²) in [6, 6.07) is 4.27. The SMILES string of the molecule is NC(=O)c1ncc2c(n1)CN(C(=O)c1cccc(C(F)(F)F)c1)CC2. The van der Waals surface area contributed by atoms with E-state index in [1.54, 1.807) is 0 Å². The molecule has 0 unspecified atom stereocenters. The summed E-state index contributed by atoms with van der Waals surface area (Å²) < 4.78 is 38.4. The zero-order chi connectivity index (χ0) is 18.2. The Kier molecular flexibility index (Phi) is 4.15. The molecule has 0 fully saturated rings. The first kappa shape index (κ1) is 16.9. The van der Waals surface area contributed by atoms with E-state index >= 15 is 0 Å². The molecule has 2 amide bonds. The van der Waals surface area contributed by atoms with Crippen LogP contribution in [0.15, 0.2) is 30.5 Å². The molecule has 1 aromatic heterocycles. The van der Waals surface area contributed by atoms with Crippen molar-refractivity contribution in [3.63, 3.8) is 0 Å². The number of carbonyl (C=O) groups is 2. The Morgan fingerprint density at radius 2 is 2.00 bits per heavy atom. The number of amides is 2. The van der Waals surface area contributed by atoms with Crippen LogP contribution in [-0.2, 0) is 19.1 Å². The topological polar surface area (TPSA) is 89.2 Å². The molecule has 2 N–H and O–H groups in total. The highest BCUT2D eigenvalue weighted by molar-refractivity contribution is 5.94. The van der Waals surface area contributed by atoms with Crippen molar-refractivity contribution in [3.8, 4) is 0 Å². The Morgan fingerprint density at radius 3 is 2.68 bits per heavy atom. The van der Waals surface area contributed by atoms with Gasteiger partial charge in [0.1, 0.15) is 0 Å². The summed E-state index contributed by atoms with van der Waals surface area (Å²) in [7, 11) is 0. The van der Waals surface area contributed by atoms with Crippen LogP contribution in [0, 0.1) is 0 Å². The third-order valence-electron chi connectivity index (χ3n) is 3.89. The summed E-state index contributed by atoms with van der Waals surface area (Å²) >= 11 is 0. The molecule has 0 aliphatic carbocycles. The lowest BCUT2D eigenvalue weighted by Crippen LogP contribution is -2.37. The lowest BCUT2D eigenvalue weighted by atomic mass is 10.0. The highest BCUT2D eigenvalue weighted by Crippen LogP contribution is 2.30. The number of rotatable bonds is 2. The van der Waals surface area contributed by atoms with Gasteiger partial charge in [0.15, 0.2) is 0 Å². The Labute approximate surface area is 140 Å². The predicted molar refractivity (Wildman–Crippen MR) is 80.4 cm³/mol. The van der Waals surface area contributed by atoms with E-state index in [1.807, 2.05) is 0 Å². The van der Waals surface area contributed by atoms with Gasteiger partial charge >= 0.3 is 6.18 Å². The molecule has 2 aromatic rings. The number of hydrogen-bond acceptors (Lipinski definition) is 4. The third-order valence-corrected chi connectivity index (χ3v) is 3.89. The van der Waals surface area contributed by atoms with E-state index in [4.69, 9.17) is 5.73 Å². The average Bonchev–Trinajstić information content (AvgIpc) is 2.59. The summed E-state index contributed by atoms with van der Waals surface area (Å²) in [5.74, 6) is -1.48. The molecule has 1 aromatic carbocycles. The van der Waals surface area contributed by atoms with Gasteiger partial charge in [-0.05, 0) is 30.2 Å². The molecule has 0 saturated heterocycles. The van der Waals surface area contributed by atoms with Crippen LogP contribution in [0.2, 0.25) is 0 Å². The summed E-state index contributed by atoms with van der Waals surface area (Å²) in [4.78, 5) is 33.0. The number of hydrogen-bond donors (Lipinski definition) is 1. The van der Waals surface area contributed by atoms with Gasteiger partial charge in [-0.1, -0.05) is 6.07 Å². The lowest BCUT2D eigenvalue weighted by Gasteiger charge is -2.28. The molecule has 2 heterocycles. The van der Waals surface area contributed by atoms with Crippen molar-refractivity contribution >= 4 is 11.8 Å². The Morgan fingerprint density at radius 1 is 1.24 bits per heavy atom. The van der Waals surface area contributed by atoms with E-state index in [0.717, 1.165) is 17.7 Å². The first-order chi connectivity index (χ1) is 11.8. The molecule has 0 radical (unpaired) electrons. The standard InChI is InChI=1S/C16H13F3N4O2/c17-16(18,19)11-3-1-2-9(6-11)15(25)23-5-4-10-7-21-14(13(20)24)22-12(10)8-23/h1-3,6-7H,4-5,8H2,(H2,20,24). The Bertz CT molecular complexity index is 852. The quantitative estimate of drug-likeness (QED) is 0.894. The summed E-state index contributed by atoms with van der Waals surface area (Å²) in [6.07, 6.45) is -2.60. The number of benzene rings is 1. The molecule has 25 heavy (non-hydrogen) atoms. The summed E-state index contributed by atoms with van der Waals surface area (Å²) in [6.45, 7) is 0.397. The minimum absolute atomic E-state index is 0.0533. The van der Waals surface area contributed by atoms with E-state index in [9.17, 15) is 22.8 Å². The number of nitrogens with two attached hydrogens (primary N) is 1. The highest BCUT2D eigenvalue weighted by atomic mass is 19.4. The van der Waals surface area contributed by atoms with E-state index < -0.39 is 23.6 Å². The van der Waals surface area contributed by atoms with Crippen molar-refractivity contribution < 1.29 is 22.8 Å². The van der Waals surface area contributed by atoms with Gasteiger partial charge in [-0.15, -0.1) is 0 Å². The smallest absolute Gasteiger partial charge is 0.363 e. The molecule has 130 valence electrons. The van der Waals surface area contributed by atoms with Gasteiger partial charge in [0.05, 0.1) is 17.8 Å². The van der Waals surface area contributed by atoms with Crippen LogP contribution < -0.4 is 5.73 Å². The monoisotopic (exact) mass is 350 g/mol. The third kappa shape index (κ3) is 3.44. The second-order valence-electron chi connectivity index (χ2n) is 5.59. The first-order valence-electron chi connectivity index (χ1n) is 7.37. The van der Waals surface area contributed by atoms with Crippen LogP contribution in [0.4, 0.5) is 13.2 Å². The molecule has 3 rings (SSSR count). The van der Waals surface area contributed by atoms with E-state index in [0.29, 0.717) is 18.7 Å². The number of nitrogens with zero attached hydrogens (tertiary/aromatic N) is 3. The van der Waals surface area contributed by atoms with E-state index in [-0.39, 0.29) is 17.9 Å². The summed E-state index contributed by atoms with van der Waals surface area (Å²) in [5.41, 5.74) is 5.45. The minimum Gasteiger partial charge on any atom is -0.363 e. The second kappa shape index (κ2) is 6.15. The minimum atomic E-state index is -4.52. The number of aromatic nitrogens is 2. The lowest BCUT2D eigenvalue weighted by molar-refractivity contribution is -0.137. The number of carbonyl (C=O) groups excluding carboxylic acids is 2. The molecule has 0 spiro atoms. The largest absolute Gasteiger partial charge is 0.416 e. The molecular formula is C16H13F3N4O2. The van der Waals surface area contributed by atoms with Crippen LogP contribution in [0.3, 0.4) is 0 Å². The molecule has 9 heteroatoms. The van der Waals surface area contributed by atoms with E-state index in [2.05, 4.69) is 9.97 Å². The van der Waals surface area contributed by atoms with Gasteiger partial charge in [0.2, 0.25) is 5.82 Å². The molecule has 0 atom stereocenters. The number of fused-ring (bicyclic) bond motifs is 1. The van der Waals surface area contributed by atoms with Crippen LogP contribution in [-0.4, -0.2) is 33.2 Å². The van der Waals surface area contributed by atoms with Crippen molar-refractivity contribution in [3.05, 3.63) is 58.7 Å². The van der Waals surface area contributed by atoms with Crippen molar-refractivity contribution in [1.82, 2.24) is 14.9 Å². The Hall–Kier alpha value is -2.97. The van der Waals surface area contributed by atoms with Gasteiger partial charge in [-0.2, -0.15) is 13.2 Å². The van der Waals surface area contributed by atoms with Crippen molar-refractivity contribution in [2.24, 2.45) is 5.73 Å². The normalized spacial score (nSPS) is 14.1. The number of primary amides is 1. The van der Waals surface area contributed by atoms with Gasteiger partial charge in [0.25, 0.3) is 11.8 Å². The summed E-state index contributed by atoms with van der Waals surface area (Å²) in [5, 5.41) is 0. The molecular weight excluding hydrogens is 337 g/mol. The van der Waals surface area contributed by atoms with E-state index in [1.165, 1.54) is 23.2 Å². The van der Waals surface area contributed by atoms with Gasteiger partial charge < -0.3 is 10.6 Å². The fraction of sp³-hybridized carbons (Fsp3) is 0.250. The van der Waals surface area contributed by atoms with Crippen molar-refractivity contribution in [2.45, 2.75) is 19.1 Å². The van der Waals surface area contributed by atoms with Crippen LogP contribution in [0.1, 0.15) is 37.8 Å². The Balaban J connectivity index is 1.85. The maximum absolute atomic E-state index is 12.8. The van der Waals surface area contributed by atoms with Crippen molar-refractivity contribution in [2.75, 3.05) is 6.54 Å². The van der Waals surface area contributed by atoms with Crippen LogP contribution in [0.25, 0.3) is 0 Å². The molecule has 1 aliphatic rings. The molecule has 0 bridgehead atoms. The van der Waals surface area contributed by atoms with Crippen LogP contribution in [0.5, 0.6) is 0 Å². The average molecular weight is 350 g/mol. The number of halogens is 3. The maximum atomic E-state index is 12.8. The molecule has 0 saturated carbocycles. The maximum Gasteiger partial charge on any atom is 0.416 e.